The van der Waals surface area contributed by atoms with E-state index in [-0.39, 0.29) is 12.5 Å². The van der Waals surface area contributed by atoms with E-state index in [0.717, 1.165) is 5.75 Å². The third-order valence-corrected chi connectivity index (χ3v) is 3.16. The lowest BCUT2D eigenvalue weighted by Gasteiger charge is -2.11. The van der Waals surface area contributed by atoms with Gasteiger partial charge in [0.15, 0.2) is 5.44 Å². The third kappa shape index (κ3) is 2.54. The second-order valence-electron chi connectivity index (χ2n) is 2.89. The van der Waals surface area contributed by atoms with Gasteiger partial charge >= 0.3 is 6.16 Å². The number of carbonyl (C=O) groups excluding carboxylic acids is 1. The SMILES string of the molecule is CCOC(=O)OC1SCC(C)C1=NO. The number of hydrogen-bond donors (Lipinski definition) is 1. The first-order chi connectivity index (χ1) is 6.69. The molecular weight excluding hydrogens is 206 g/mol. The van der Waals surface area contributed by atoms with Crippen LogP contribution in [0.25, 0.3) is 0 Å². The molecule has 1 N–H and O–H groups in total. The molecule has 1 saturated heterocycles. The molecule has 1 fully saturated rings. The first kappa shape index (κ1) is 11.2. The molecule has 0 aliphatic carbocycles. The molecule has 0 aromatic heterocycles. The summed E-state index contributed by atoms with van der Waals surface area (Å²) in [5, 5.41) is 11.8. The molecule has 0 saturated carbocycles. The Morgan fingerprint density at radius 3 is 3.07 bits per heavy atom. The van der Waals surface area contributed by atoms with Crippen LogP contribution in [-0.4, -0.2) is 34.9 Å². The number of hydrogen-bond acceptors (Lipinski definition) is 6. The summed E-state index contributed by atoms with van der Waals surface area (Å²) in [6, 6.07) is 0. The third-order valence-electron chi connectivity index (χ3n) is 1.82. The number of oxime groups is 1. The molecule has 0 bridgehead atoms. The minimum absolute atomic E-state index is 0.129. The molecule has 0 aromatic carbocycles. The van der Waals surface area contributed by atoms with Crippen LogP contribution in [0.1, 0.15) is 13.8 Å². The Morgan fingerprint density at radius 1 is 1.79 bits per heavy atom. The highest BCUT2D eigenvalue weighted by Crippen LogP contribution is 2.29. The maximum atomic E-state index is 11.0. The zero-order valence-corrected chi connectivity index (χ0v) is 8.91. The van der Waals surface area contributed by atoms with E-state index in [1.165, 1.54) is 11.8 Å². The van der Waals surface area contributed by atoms with Gasteiger partial charge < -0.3 is 14.7 Å². The summed E-state index contributed by atoms with van der Waals surface area (Å²) in [4.78, 5) is 11.0. The van der Waals surface area contributed by atoms with Gasteiger partial charge in [0.2, 0.25) is 0 Å². The fourth-order valence-electron chi connectivity index (χ4n) is 1.11. The van der Waals surface area contributed by atoms with E-state index in [9.17, 15) is 4.79 Å². The van der Waals surface area contributed by atoms with Gasteiger partial charge in [0.05, 0.1) is 6.61 Å². The second-order valence-corrected chi connectivity index (χ2v) is 3.99. The van der Waals surface area contributed by atoms with E-state index in [2.05, 4.69) is 9.89 Å². The molecule has 1 aliphatic heterocycles. The smallest absolute Gasteiger partial charge is 0.435 e. The van der Waals surface area contributed by atoms with Crippen LogP contribution in [0.5, 0.6) is 0 Å². The predicted octanol–water partition coefficient (Wildman–Crippen LogP) is 1.70. The van der Waals surface area contributed by atoms with Crippen molar-refractivity contribution in [2.45, 2.75) is 19.3 Å². The molecule has 2 unspecified atom stereocenters. The fourth-order valence-corrected chi connectivity index (χ4v) is 2.35. The molecule has 0 spiro atoms. The number of nitrogens with zero attached hydrogens (tertiary/aromatic N) is 1. The highest BCUT2D eigenvalue weighted by atomic mass is 32.2. The van der Waals surface area contributed by atoms with Crippen molar-refractivity contribution in [2.24, 2.45) is 11.1 Å². The van der Waals surface area contributed by atoms with Crippen molar-refractivity contribution in [1.29, 1.82) is 0 Å². The van der Waals surface area contributed by atoms with Gasteiger partial charge in [-0.1, -0.05) is 12.1 Å². The average Bonchev–Trinajstić information content (AvgIpc) is 2.47. The van der Waals surface area contributed by atoms with E-state index in [0.29, 0.717) is 5.71 Å². The zero-order valence-electron chi connectivity index (χ0n) is 8.10. The van der Waals surface area contributed by atoms with Crippen LogP contribution in [0.2, 0.25) is 0 Å². The van der Waals surface area contributed by atoms with Gasteiger partial charge in [0, 0.05) is 11.7 Å². The Bertz CT molecular complexity index is 243. The molecule has 2 atom stereocenters. The van der Waals surface area contributed by atoms with Crippen LogP contribution in [0.15, 0.2) is 5.16 Å². The first-order valence-electron chi connectivity index (χ1n) is 4.35. The van der Waals surface area contributed by atoms with Crippen molar-refractivity contribution in [1.82, 2.24) is 0 Å². The van der Waals surface area contributed by atoms with Gasteiger partial charge in [-0.3, -0.25) is 0 Å². The van der Waals surface area contributed by atoms with Gasteiger partial charge in [0.1, 0.15) is 5.71 Å². The van der Waals surface area contributed by atoms with Gasteiger partial charge in [-0.15, -0.1) is 11.8 Å². The lowest BCUT2D eigenvalue weighted by atomic mass is 10.1. The van der Waals surface area contributed by atoms with E-state index < -0.39 is 11.6 Å². The summed E-state index contributed by atoms with van der Waals surface area (Å²) >= 11 is 1.42. The van der Waals surface area contributed by atoms with Crippen molar-refractivity contribution >= 4 is 23.6 Å². The molecule has 80 valence electrons. The predicted molar refractivity (Wildman–Crippen MR) is 52.7 cm³/mol. The van der Waals surface area contributed by atoms with Crippen molar-refractivity contribution < 1.29 is 19.5 Å². The first-order valence-corrected chi connectivity index (χ1v) is 5.40. The lowest BCUT2D eigenvalue weighted by molar-refractivity contribution is 0.0631. The maximum absolute atomic E-state index is 11.0. The minimum Gasteiger partial charge on any atom is -0.435 e. The Balaban J connectivity index is 2.49. The largest absolute Gasteiger partial charge is 0.509 e. The summed E-state index contributed by atoms with van der Waals surface area (Å²) < 4.78 is 9.56. The van der Waals surface area contributed by atoms with E-state index in [1.807, 2.05) is 6.92 Å². The minimum atomic E-state index is -0.722. The number of carbonyl (C=O) groups is 1. The Labute approximate surface area is 86.4 Å². The molecule has 1 heterocycles. The van der Waals surface area contributed by atoms with Crippen molar-refractivity contribution in [3.05, 3.63) is 0 Å². The number of rotatable bonds is 2. The summed E-state index contributed by atoms with van der Waals surface area (Å²) in [5.41, 5.74) is -0.0166. The summed E-state index contributed by atoms with van der Waals surface area (Å²) in [7, 11) is 0. The molecular formula is C8H13NO4S. The van der Waals surface area contributed by atoms with Crippen LogP contribution in [0, 0.1) is 5.92 Å². The van der Waals surface area contributed by atoms with Gasteiger partial charge in [-0.25, -0.2) is 4.79 Å². The maximum Gasteiger partial charge on any atom is 0.509 e. The average molecular weight is 219 g/mol. The summed E-state index contributed by atoms with van der Waals surface area (Å²) in [6.07, 6.45) is -0.722. The molecule has 5 nitrogen and oxygen atoms in total. The molecule has 1 aliphatic rings. The molecule has 1 rings (SSSR count). The topological polar surface area (TPSA) is 68.1 Å². The number of ether oxygens (including phenoxy) is 2. The van der Waals surface area contributed by atoms with E-state index >= 15 is 0 Å². The second kappa shape index (κ2) is 5.09. The van der Waals surface area contributed by atoms with Gasteiger partial charge in [0.25, 0.3) is 0 Å². The fraction of sp³-hybridized carbons (Fsp3) is 0.750. The Hall–Kier alpha value is -0.910. The van der Waals surface area contributed by atoms with Crippen LogP contribution >= 0.6 is 11.8 Å². The highest BCUT2D eigenvalue weighted by Gasteiger charge is 2.33. The van der Waals surface area contributed by atoms with Crippen LogP contribution in [-0.2, 0) is 9.47 Å². The molecule has 0 aromatic rings. The van der Waals surface area contributed by atoms with Gasteiger partial charge in [-0.2, -0.15) is 0 Å². The van der Waals surface area contributed by atoms with Gasteiger partial charge in [-0.05, 0) is 6.92 Å². The van der Waals surface area contributed by atoms with Crippen molar-refractivity contribution in [3.8, 4) is 0 Å². The standard InChI is InChI=1S/C8H13NO4S/c1-3-12-8(10)13-7-6(9-11)5(2)4-14-7/h5,7,11H,3-4H2,1-2H3. The number of thioether (sulfide) groups is 1. The van der Waals surface area contributed by atoms with Crippen LogP contribution in [0.3, 0.4) is 0 Å². The monoisotopic (exact) mass is 219 g/mol. The molecule has 14 heavy (non-hydrogen) atoms. The normalized spacial score (nSPS) is 29.1. The lowest BCUT2D eigenvalue weighted by Crippen LogP contribution is -2.23. The van der Waals surface area contributed by atoms with Crippen LogP contribution in [0.4, 0.5) is 4.79 Å². The Morgan fingerprint density at radius 2 is 2.50 bits per heavy atom. The highest BCUT2D eigenvalue weighted by molar-refractivity contribution is 8.01. The molecule has 0 radical (unpaired) electrons. The van der Waals surface area contributed by atoms with Crippen molar-refractivity contribution in [3.63, 3.8) is 0 Å². The quantitative estimate of drug-likeness (QED) is 0.435. The van der Waals surface area contributed by atoms with Crippen molar-refractivity contribution in [2.75, 3.05) is 12.4 Å². The zero-order chi connectivity index (χ0) is 10.6. The molecule has 0 amide bonds. The molecule has 6 heteroatoms. The van der Waals surface area contributed by atoms with E-state index in [4.69, 9.17) is 9.94 Å². The summed E-state index contributed by atoms with van der Waals surface area (Å²) in [6.45, 7) is 3.89. The van der Waals surface area contributed by atoms with Crippen LogP contribution < -0.4 is 0 Å². The Kier molecular flexibility index (Phi) is 4.06. The van der Waals surface area contributed by atoms with E-state index in [1.54, 1.807) is 6.92 Å². The summed E-state index contributed by atoms with van der Waals surface area (Å²) in [5.74, 6) is 0.910.